The summed E-state index contributed by atoms with van der Waals surface area (Å²) in [5.74, 6) is 0.759. The van der Waals surface area contributed by atoms with Crippen molar-refractivity contribution in [2.45, 2.75) is 39.4 Å². The van der Waals surface area contributed by atoms with E-state index in [1.807, 2.05) is 52.0 Å². The molecule has 1 aromatic rings. The van der Waals surface area contributed by atoms with Crippen molar-refractivity contribution < 1.29 is 14.6 Å². The number of hydrogen-bond donors (Lipinski definition) is 1. The van der Waals surface area contributed by atoms with Gasteiger partial charge in [0.1, 0.15) is 11.4 Å². The molecule has 1 aromatic carbocycles. The van der Waals surface area contributed by atoms with Gasteiger partial charge >= 0.3 is 0 Å². The first kappa shape index (κ1) is 15.0. The molecule has 1 rings (SSSR count). The Morgan fingerprint density at radius 2 is 1.78 bits per heavy atom. The summed E-state index contributed by atoms with van der Waals surface area (Å²) in [5.41, 5.74) is -0.240. The van der Waals surface area contributed by atoms with Gasteiger partial charge in [-0.15, -0.1) is 0 Å². The highest BCUT2D eigenvalue weighted by atomic mass is 16.5. The second kappa shape index (κ2) is 6.21. The fraction of sp³-hybridized carbons (Fsp3) is 0.600. The van der Waals surface area contributed by atoms with Crippen molar-refractivity contribution in [1.82, 2.24) is 0 Å². The van der Waals surface area contributed by atoms with E-state index in [0.717, 1.165) is 11.3 Å². The molecule has 18 heavy (non-hydrogen) atoms. The Kier molecular flexibility index (Phi) is 5.17. The average Bonchev–Trinajstić information content (AvgIpc) is 2.28. The quantitative estimate of drug-likeness (QED) is 0.846. The average molecular weight is 252 g/mol. The molecule has 0 bridgehead atoms. The normalized spacial score (nSPS) is 14.9. The molecule has 0 radical (unpaired) electrons. The standard InChI is InChI=1S/C15H24O3/c1-11(2)15(16,10-17-5)13-8-6-7-9-14(13)18-12(3)4/h6-9,11-12,16H,10H2,1-5H3. The van der Waals surface area contributed by atoms with Crippen molar-refractivity contribution >= 4 is 0 Å². The van der Waals surface area contributed by atoms with Crippen LogP contribution in [0, 0.1) is 5.92 Å². The van der Waals surface area contributed by atoms with Gasteiger partial charge in [0.15, 0.2) is 0 Å². The highest BCUT2D eigenvalue weighted by Crippen LogP contribution is 2.36. The third-order valence-corrected chi connectivity index (χ3v) is 3.04. The first-order valence-corrected chi connectivity index (χ1v) is 6.39. The van der Waals surface area contributed by atoms with Crippen LogP contribution in [0.3, 0.4) is 0 Å². The van der Waals surface area contributed by atoms with E-state index in [1.54, 1.807) is 7.11 Å². The minimum atomic E-state index is -1.03. The Hall–Kier alpha value is -1.06. The lowest BCUT2D eigenvalue weighted by molar-refractivity contribution is -0.0718. The Labute approximate surface area is 110 Å². The molecule has 102 valence electrons. The summed E-state index contributed by atoms with van der Waals surface area (Å²) in [6.07, 6.45) is 0.0742. The number of methoxy groups -OCH3 is 1. The number of hydrogen-bond acceptors (Lipinski definition) is 3. The molecular weight excluding hydrogens is 228 g/mol. The van der Waals surface area contributed by atoms with E-state index in [-0.39, 0.29) is 18.6 Å². The predicted octanol–water partition coefficient (Wildman–Crippen LogP) is 2.96. The molecule has 0 saturated carbocycles. The van der Waals surface area contributed by atoms with E-state index in [9.17, 15) is 5.11 Å². The SMILES string of the molecule is COCC(O)(c1ccccc1OC(C)C)C(C)C. The summed E-state index contributed by atoms with van der Waals surface area (Å²) < 4.78 is 10.9. The van der Waals surface area contributed by atoms with Gasteiger partial charge in [-0.1, -0.05) is 32.0 Å². The lowest BCUT2D eigenvalue weighted by Crippen LogP contribution is -2.37. The fourth-order valence-corrected chi connectivity index (χ4v) is 1.96. The number of aliphatic hydroxyl groups is 1. The maximum atomic E-state index is 10.8. The molecular formula is C15H24O3. The molecule has 0 aromatic heterocycles. The first-order chi connectivity index (χ1) is 8.41. The van der Waals surface area contributed by atoms with E-state index >= 15 is 0 Å². The zero-order chi connectivity index (χ0) is 13.8. The monoisotopic (exact) mass is 252 g/mol. The molecule has 3 heteroatoms. The van der Waals surface area contributed by atoms with Crippen LogP contribution in [0.25, 0.3) is 0 Å². The zero-order valence-electron chi connectivity index (χ0n) is 11.9. The largest absolute Gasteiger partial charge is 0.491 e. The van der Waals surface area contributed by atoms with Crippen LogP contribution in [0.15, 0.2) is 24.3 Å². The van der Waals surface area contributed by atoms with Gasteiger partial charge in [-0.2, -0.15) is 0 Å². The van der Waals surface area contributed by atoms with Gasteiger partial charge in [0.25, 0.3) is 0 Å². The molecule has 1 unspecified atom stereocenters. The molecule has 0 heterocycles. The lowest BCUT2D eigenvalue weighted by atomic mass is 9.83. The predicted molar refractivity (Wildman–Crippen MR) is 72.8 cm³/mol. The zero-order valence-corrected chi connectivity index (χ0v) is 11.9. The highest BCUT2D eigenvalue weighted by molar-refractivity contribution is 5.38. The van der Waals surface area contributed by atoms with Crippen molar-refractivity contribution in [1.29, 1.82) is 0 Å². The molecule has 0 fully saturated rings. The third-order valence-electron chi connectivity index (χ3n) is 3.04. The van der Waals surface area contributed by atoms with Gasteiger partial charge in [0.05, 0.1) is 12.7 Å². The van der Waals surface area contributed by atoms with Crippen molar-refractivity contribution in [3.63, 3.8) is 0 Å². The van der Waals surface area contributed by atoms with Gasteiger partial charge in [-0.25, -0.2) is 0 Å². The van der Waals surface area contributed by atoms with Crippen LogP contribution < -0.4 is 4.74 Å². The number of ether oxygens (including phenoxy) is 2. The molecule has 0 amide bonds. The summed E-state index contributed by atoms with van der Waals surface area (Å²) in [5, 5.41) is 10.8. The molecule has 0 aliphatic rings. The lowest BCUT2D eigenvalue weighted by Gasteiger charge is -2.33. The van der Waals surface area contributed by atoms with Crippen LogP contribution in [0.2, 0.25) is 0 Å². The number of rotatable bonds is 6. The molecule has 3 nitrogen and oxygen atoms in total. The topological polar surface area (TPSA) is 38.7 Å². The van der Waals surface area contributed by atoms with Crippen molar-refractivity contribution in [3.8, 4) is 5.75 Å². The van der Waals surface area contributed by atoms with Crippen LogP contribution in [-0.4, -0.2) is 24.9 Å². The van der Waals surface area contributed by atoms with Crippen LogP contribution in [0.4, 0.5) is 0 Å². The summed E-state index contributed by atoms with van der Waals surface area (Å²) in [7, 11) is 1.60. The Bertz CT molecular complexity index is 374. The second-order valence-corrected chi connectivity index (χ2v) is 5.17. The van der Waals surface area contributed by atoms with Gasteiger partial charge < -0.3 is 14.6 Å². The smallest absolute Gasteiger partial charge is 0.125 e. The first-order valence-electron chi connectivity index (χ1n) is 6.39. The molecule has 0 saturated heterocycles. The van der Waals surface area contributed by atoms with Crippen LogP contribution in [0.5, 0.6) is 5.75 Å². The number of benzene rings is 1. The van der Waals surface area contributed by atoms with Crippen molar-refractivity contribution in [2.75, 3.05) is 13.7 Å². The van der Waals surface area contributed by atoms with Gasteiger partial charge in [0, 0.05) is 12.7 Å². The summed E-state index contributed by atoms with van der Waals surface area (Å²) in [6.45, 7) is 8.16. The third kappa shape index (κ3) is 3.24. The van der Waals surface area contributed by atoms with E-state index < -0.39 is 5.60 Å². The maximum Gasteiger partial charge on any atom is 0.125 e. The number of para-hydroxylation sites is 1. The molecule has 0 aliphatic heterocycles. The highest BCUT2D eigenvalue weighted by Gasteiger charge is 2.35. The fourth-order valence-electron chi connectivity index (χ4n) is 1.96. The Balaban J connectivity index is 3.19. The summed E-state index contributed by atoms with van der Waals surface area (Å²) in [6, 6.07) is 7.61. The van der Waals surface area contributed by atoms with Crippen LogP contribution in [-0.2, 0) is 10.3 Å². The van der Waals surface area contributed by atoms with E-state index in [0.29, 0.717) is 0 Å². The molecule has 1 atom stereocenters. The molecule has 1 N–H and O–H groups in total. The van der Waals surface area contributed by atoms with Gasteiger partial charge in [-0.05, 0) is 25.8 Å². The van der Waals surface area contributed by atoms with E-state index in [1.165, 1.54) is 0 Å². The van der Waals surface area contributed by atoms with Crippen LogP contribution >= 0.6 is 0 Å². The van der Waals surface area contributed by atoms with Crippen molar-refractivity contribution in [3.05, 3.63) is 29.8 Å². The van der Waals surface area contributed by atoms with Crippen LogP contribution in [0.1, 0.15) is 33.3 Å². The maximum absolute atomic E-state index is 10.8. The minimum absolute atomic E-state index is 0.0364. The molecule has 0 aliphatic carbocycles. The Morgan fingerprint density at radius 1 is 1.17 bits per heavy atom. The second-order valence-electron chi connectivity index (χ2n) is 5.17. The summed E-state index contributed by atoms with van der Waals surface area (Å²) >= 11 is 0. The minimum Gasteiger partial charge on any atom is -0.491 e. The van der Waals surface area contributed by atoms with E-state index in [4.69, 9.17) is 9.47 Å². The van der Waals surface area contributed by atoms with E-state index in [2.05, 4.69) is 0 Å². The van der Waals surface area contributed by atoms with Gasteiger partial charge in [-0.3, -0.25) is 0 Å². The van der Waals surface area contributed by atoms with Crippen molar-refractivity contribution in [2.24, 2.45) is 5.92 Å². The van der Waals surface area contributed by atoms with Gasteiger partial charge in [0.2, 0.25) is 0 Å². The Morgan fingerprint density at radius 3 is 2.28 bits per heavy atom. The molecule has 0 spiro atoms. The summed E-state index contributed by atoms with van der Waals surface area (Å²) in [4.78, 5) is 0.